The number of benzene rings is 1. The number of fused-ring (bicyclic) bond motifs is 1. The number of aryl methyl sites for hydroxylation is 1. The molecule has 7 heteroatoms. The number of aliphatic carboxylic acids is 1. The minimum absolute atomic E-state index is 0.320. The van der Waals surface area contributed by atoms with E-state index in [1.165, 1.54) is 0 Å². The number of hydrogen-bond acceptors (Lipinski definition) is 4. The summed E-state index contributed by atoms with van der Waals surface area (Å²) in [4.78, 5) is 28.1. The molecule has 0 aliphatic heterocycles. The van der Waals surface area contributed by atoms with Crippen LogP contribution >= 0.6 is 0 Å². The molecular formula is C16H19N3O4. The lowest BCUT2D eigenvalue weighted by molar-refractivity contribution is -0.140. The van der Waals surface area contributed by atoms with Gasteiger partial charge in [0.1, 0.15) is 11.3 Å². The Bertz CT molecular complexity index is 809. The molecular weight excluding hydrogens is 298 g/mol. The van der Waals surface area contributed by atoms with E-state index >= 15 is 0 Å². The molecule has 122 valence electrons. The summed E-state index contributed by atoms with van der Waals surface area (Å²) in [6.45, 7) is 3.57. The highest BCUT2D eigenvalue weighted by atomic mass is 16.5. The number of carboxylic acids is 1. The van der Waals surface area contributed by atoms with Gasteiger partial charge in [-0.1, -0.05) is 19.9 Å². The van der Waals surface area contributed by atoms with Gasteiger partial charge in [-0.25, -0.2) is 4.98 Å². The second-order valence-corrected chi connectivity index (χ2v) is 6.43. The van der Waals surface area contributed by atoms with Crippen LogP contribution in [-0.4, -0.2) is 33.6 Å². The number of hydrogen-bond donors (Lipinski definition) is 2. The Balaban J connectivity index is 1.90. The molecule has 3 rings (SSSR count). The number of anilines is 1. The number of nitrogens with one attached hydrogen (secondary N) is 1. The zero-order valence-electron chi connectivity index (χ0n) is 13.5. The van der Waals surface area contributed by atoms with Crippen LogP contribution in [-0.2, 0) is 16.6 Å². The molecule has 1 aliphatic carbocycles. The predicted octanol–water partition coefficient (Wildman–Crippen LogP) is 1.88. The fourth-order valence-electron chi connectivity index (χ4n) is 3.24. The van der Waals surface area contributed by atoms with Crippen LogP contribution in [0.3, 0.4) is 0 Å². The summed E-state index contributed by atoms with van der Waals surface area (Å²) in [5.74, 6) is -1.48. The van der Waals surface area contributed by atoms with Gasteiger partial charge in [-0.3, -0.25) is 14.9 Å². The fourth-order valence-corrected chi connectivity index (χ4v) is 3.24. The highest BCUT2D eigenvalue weighted by Gasteiger charge is 2.66. The maximum absolute atomic E-state index is 12.4. The van der Waals surface area contributed by atoms with Crippen LogP contribution in [0.4, 0.5) is 5.95 Å². The molecule has 7 nitrogen and oxygen atoms in total. The van der Waals surface area contributed by atoms with Crippen LogP contribution in [0.25, 0.3) is 11.0 Å². The van der Waals surface area contributed by atoms with Crippen LogP contribution in [0, 0.1) is 17.3 Å². The van der Waals surface area contributed by atoms with Crippen molar-refractivity contribution >= 4 is 28.9 Å². The van der Waals surface area contributed by atoms with E-state index in [2.05, 4.69) is 10.3 Å². The molecule has 1 aromatic carbocycles. The lowest BCUT2D eigenvalue weighted by atomic mass is 10.1. The number of rotatable bonds is 4. The number of imidazole rings is 1. The van der Waals surface area contributed by atoms with Crippen molar-refractivity contribution < 1.29 is 19.4 Å². The molecule has 0 spiro atoms. The third-order valence-corrected chi connectivity index (χ3v) is 4.71. The van der Waals surface area contributed by atoms with E-state index in [1.54, 1.807) is 38.6 Å². The highest BCUT2D eigenvalue weighted by Crippen LogP contribution is 2.58. The van der Waals surface area contributed by atoms with Crippen molar-refractivity contribution in [3.05, 3.63) is 18.2 Å². The molecule has 0 radical (unpaired) electrons. The standard InChI is InChI=1S/C16H19N3O4/c1-16(2)10(11(16)14(21)22)13(20)18-15-17-12-8(19(15)3)6-5-7-9(12)23-4/h5-7,10-11H,1-4H3,(H,21,22)(H,17,18,20)/t10-,11+/m0/s1. The van der Waals surface area contributed by atoms with Crippen molar-refractivity contribution in [1.29, 1.82) is 0 Å². The zero-order chi connectivity index (χ0) is 16.9. The van der Waals surface area contributed by atoms with Crippen LogP contribution in [0.2, 0.25) is 0 Å². The van der Waals surface area contributed by atoms with E-state index < -0.39 is 23.2 Å². The smallest absolute Gasteiger partial charge is 0.307 e. The molecule has 1 heterocycles. The SMILES string of the molecule is COc1cccc2c1nc(NC(=O)[C@@H]1[C@H](C(=O)O)C1(C)C)n2C. The second-order valence-electron chi connectivity index (χ2n) is 6.43. The summed E-state index contributed by atoms with van der Waals surface area (Å²) in [5.41, 5.74) is 0.931. The first-order valence-electron chi connectivity index (χ1n) is 7.32. The van der Waals surface area contributed by atoms with Gasteiger partial charge in [0.25, 0.3) is 0 Å². The molecule has 0 saturated heterocycles. The first-order chi connectivity index (χ1) is 10.8. The summed E-state index contributed by atoms with van der Waals surface area (Å²) in [7, 11) is 3.35. The van der Waals surface area contributed by atoms with Gasteiger partial charge < -0.3 is 14.4 Å². The third-order valence-electron chi connectivity index (χ3n) is 4.71. The summed E-state index contributed by atoms with van der Waals surface area (Å²) in [6, 6.07) is 5.52. The molecule has 0 unspecified atom stereocenters. The Morgan fingerprint density at radius 1 is 1.35 bits per heavy atom. The number of para-hydroxylation sites is 1. The van der Waals surface area contributed by atoms with Gasteiger partial charge in [0.05, 0.1) is 24.5 Å². The number of nitrogens with zero attached hydrogens (tertiary/aromatic N) is 2. The molecule has 1 fully saturated rings. The van der Waals surface area contributed by atoms with Crippen LogP contribution < -0.4 is 10.1 Å². The second kappa shape index (κ2) is 4.97. The minimum atomic E-state index is -0.943. The third kappa shape index (κ3) is 2.23. The Morgan fingerprint density at radius 2 is 2.04 bits per heavy atom. The number of aromatic nitrogens is 2. The van der Waals surface area contributed by atoms with Gasteiger partial charge in [-0.05, 0) is 17.5 Å². The Labute approximate surface area is 133 Å². The lowest BCUT2D eigenvalue weighted by Crippen LogP contribution is -2.19. The maximum atomic E-state index is 12.4. The average molecular weight is 317 g/mol. The Hall–Kier alpha value is -2.57. The number of methoxy groups -OCH3 is 1. The fraction of sp³-hybridized carbons (Fsp3) is 0.438. The van der Waals surface area contributed by atoms with Gasteiger partial charge in [-0.15, -0.1) is 0 Å². The number of carbonyl (C=O) groups is 2. The van der Waals surface area contributed by atoms with Crippen molar-refractivity contribution in [2.75, 3.05) is 12.4 Å². The van der Waals surface area contributed by atoms with Gasteiger partial charge in [0, 0.05) is 7.05 Å². The number of carboxylic acid groups (broad SMARTS) is 1. The normalized spacial score (nSPS) is 21.9. The molecule has 1 amide bonds. The topological polar surface area (TPSA) is 93.4 Å². The summed E-state index contributed by atoms with van der Waals surface area (Å²) in [6.07, 6.45) is 0. The van der Waals surface area contributed by atoms with E-state index in [0.29, 0.717) is 17.2 Å². The summed E-state index contributed by atoms with van der Waals surface area (Å²) in [5, 5.41) is 11.9. The molecule has 23 heavy (non-hydrogen) atoms. The quantitative estimate of drug-likeness (QED) is 0.898. The minimum Gasteiger partial charge on any atom is -0.494 e. The largest absolute Gasteiger partial charge is 0.494 e. The van der Waals surface area contributed by atoms with Crippen molar-refractivity contribution in [2.24, 2.45) is 24.3 Å². The molecule has 1 saturated carbocycles. The molecule has 0 bridgehead atoms. The lowest BCUT2D eigenvalue weighted by Gasteiger charge is -2.05. The maximum Gasteiger partial charge on any atom is 0.307 e. The first-order valence-corrected chi connectivity index (χ1v) is 7.32. The van der Waals surface area contributed by atoms with Crippen molar-refractivity contribution in [1.82, 2.24) is 9.55 Å². The summed E-state index contributed by atoms with van der Waals surface area (Å²) < 4.78 is 7.03. The number of amides is 1. The van der Waals surface area contributed by atoms with Crippen molar-refractivity contribution in [3.8, 4) is 5.75 Å². The molecule has 1 aromatic heterocycles. The van der Waals surface area contributed by atoms with E-state index in [9.17, 15) is 14.7 Å². The van der Waals surface area contributed by atoms with E-state index in [-0.39, 0.29) is 5.91 Å². The van der Waals surface area contributed by atoms with Gasteiger partial charge in [0.15, 0.2) is 0 Å². The van der Waals surface area contributed by atoms with Gasteiger partial charge >= 0.3 is 5.97 Å². The van der Waals surface area contributed by atoms with E-state index in [1.807, 2.05) is 12.1 Å². The van der Waals surface area contributed by atoms with E-state index in [4.69, 9.17) is 4.74 Å². The van der Waals surface area contributed by atoms with Crippen molar-refractivity contribution in [3.63, 3.8) is 0 Å². The van der Waals surface area contributed by atoms with Crippen molar-refractivity contribution in [2.45, 2.75) is 13.8 Å². The molecule has 2 aromatic rings. The zero-order valence-corrected chi connectivity index (χ0v) is 13.5. The van der Waals surface area contributed by atoms with Crippen LogP contribution in [0.5, 0.6) is 5.75 Å². The van der Waals surface area contributed by atoms with E-state index in [0.717, 1.165) is 5.52 Å². The average Bonchev–Trinajstić information content (AvgIpc) is 2.95. The van der Waals surface area contributed by atoms with Crippen LogP contribution in [0.1, 0.15) is 13.8 Å². The van der Waals surface area contributed by atoms with Gasteiger partial charge in [0.2, 0.25) is 11.9 Å². The number of ether oxygens (including phenoxy) is 1. The molecule has 2 atom stereocenters. The first kappa shape index (κ1) is 15.3. The Kier molecular flexibility index (Phi) is 3.31. The molecule has 2 N–H and O–H groups in total. The van der Waals surface area contributed by atoms with Crippen LogP contribution in [0.15, 0.2) is 18.2 Å². The van der Waals surface area contributed by atoms with Gasteiger partial charge in [-0.2, -0.15) is 0 Å². The predicted molar refractivity (Wildman–Crippen MR) is 84.3 cm³/mol. The highest BCUT2D eigenvalue weighted by molar-refractivity contribution is 6.00. The monoisotopic (exact) mass is 317 g/mol. The Morgan fingerprint density at radius 3 is 2.61 bits per heavy atom. The summed E-state index contributed by atoms with van der Waals surface area (Å²) >= 11 is 0. The molecule has 1 aliphatic rings. The number of carbonyl (C=O) groups excluding carboxylic acids is 1.